The largest absolute Gasteiger partial charge is 0.493 e. The first kappa shape index (κ1) is 11.7. The second kappa shape index (κ2) is 5.05. The molecule has 1 aliphatic rings. The Bertz CT molecular complexity index is 409. The van der Waals surface area contributed by atoms with Crippen molar-refractivity contribution >= 4 is 5.97 Å². The standard InChI is InChI=1S/C12H14O5/c1-15-10-3-2-8(12(13)14)6-11(10)17-9-4-5-16-7-9/h2-3,6,9H,4-5,7H2,1H3,(H,13,14)/t9-/m0/s1. The van der Waals surface area contributed by atoms with Crippen molar-refractivity contribution in [2.24, 2.45) is 0 Å². The minimum absolute atomic E-state index is 0.0343. The average Bonchev–Trinajstić information content (AvgIpc) is 2.81. The topological polar surface area (TPSA) is 65.0 Å². The third-order valence-corrected chi connectivity index (χ3v) is 2.59. The maximum Gasteiger partial charge on any atom is 0.335 e. The zero-order valence-corrected chi connectivity index (χ0v) is 9.51. The molecule has 1 aliphatic heterocycles. The monoisotopic (exact) mass is 238 g/mol. The maximum atomic E-state index is 10.9. The number of hydrogen-bond acceptors (Lipinski definition) is 4. The Labute approximate surface area is 98.9 Å². The lowest BCUT2D eigenvalue weighted by Gasteiger charge is -2.15. The smallest absolute Gasteiger partial charge is 0.335 e. The first-order valence-electron chi connectivity index (χ1n) is 5.36. The fraction of sp³-hybridized carbons (Fsp3) is 0.417. The Kier molecular flexibility index (Phi) is 3.49. The van der Waals surface area contributed by atoms with Crippen LogP contribution < -0.4 is 9.47 Å². The summed E-state index contributed by atoms with van der Waals surface area (Å²) in [6.07, 6.45) is 0.772. The molecule has 92 valence electrons. The number of hydrogen-bond donors (Lipinski definition) is 1. The van der Waals surface area contributed by atoms with Gasteiger partial charge >= 0.3 is 5.97 Å². The van der Waals surface area contributed by atoms with E-state index in [-0.39, 0.29) is 11.7 Å². The summed E-state index contributed by atoms with van der Waals surface area (Å²) >= 11 is 0. The highest BCUT2D eigenvalue weighted by Gasteiger charge is 2.19. The first-order chi connectivity index (χ1) is 8.20. The van der Waals surface area contributed by atoms with Gasteiger partial charge in [-0.15, -0.1) is 0 Å². The van der Waals surface area contributed by atoms with E-state index < -0.39 is 5.97 Å². The lowest BCUT2D eigenvalue weighted by atomic mass is 10.2. The van der Waals surface area contributed by atoms with Gasteiger partial charge in [0.1, 0.15) is 6.10 Å². The zero-order valence-electron chi connectivity index (χ0n) is 9.51. The van der Waals surface area contributed by atoms with Gasteiger partial charge < -0.3 is 19.3 Å². The van der Waals surface area contributed by atoms with Crippen LogP contribution in [0.25, 0.3) is 0 Å². The number of methoxy groups -OCH3 is 1. The molecule has 0 aliphatic carbocycles. The van der Waals surface area contributed by atoms with E-state index in [0.29, 0.717) is 24.7 Å². The van der Waals surface area contributed by atoms with Crippen molar-refractivity contribution in [2.75, 3.05) is 20.3 Å². The average molecular weight is 238 g/mol. The number of carboxylic acid groups (broad SMARTS) is 1. The molecule has 0 radical (unpaired) electrons. The molecule has 0 spiro atoms. The van der Waals surface area contributed by atoms with Gasteiger partial charge in [0, 0.05) is 6.42 Å². The van der Waals surface area contributed by atoms with Crippen LogP contribution in [0.15, 0.2) is 18.2 Å². The molecular weight excluding hydrogens is 224 g/mol. The molecule has 1 aromatic rings. The van der Waals surface area contributed by atoms with Crippen molar-refractivity contribution in [1.29, 1.82) is 0 Å². The number of aromatic carboxylic acids is 1. The predicted molar refractivity (Wildman–Crippen MR) is 59.8 cm³/mol. The zero-order chi connectivity index (χ0) is 12.3. The Hall–Kier alpha value is -1.75. The van der Waals surface area contributed by atoms with Crippen LogP contribution in [-0.4, -0.2) is 37.5 Å². The van der Waals surface area contributed by atoms with Crippen molar-refractivity contribution in [3.8, 4) is 11.5 Å². The Morgan fingerprint density at radius 3 is 2.88 bits per heavy atom. The van der Waals surface area contributed by atoms with Crippen LogP contribution in [0, 0.1) is 0 Å². The van der Waals surface area contributed by atoms with E-state index in [2.05, 4.69) is 0 Å². The lowest BCUT2D eigenvalue weighted by molar-refractivity contribution is 0.0695. The molecule has 0 unspecified atom stereocenters. The first-order valence-corrected chi connectivity index (χ1v) is 5.36. The summed E-state index contributed by atoms with van der Waals surface area (Å²) in [5.41, 5.74) is 0.180. The quantitative estimate of drug-likeness (QED) is 0.862. The van der Waals surface area contributed by atoms with E-state index in [9.17, 15) is 4.79 Å². The highest BCUT2D eigenvalue weighted by atomic mass is 16.6. The van der Waals surface area contributed by atoms with Gasteiger partial charge in [-0.1, -0.05) is 0 Å². The van der Waals surface area contributed by atoms with Crippen LogP contribution in [0.3, 0.4) is 0 Å². The molecule has 1 fully saturated rings. The van der Waals surface area contributed by atoms with Gasteiger partial charge in [0.2, 0.25) is 0 Å². The minimum Gasteiger partial charge on any atom is -0.493 e. The SMILES string of the molecule is COc1ccc(C(=O)O)cc1O[C@H]1CCOC1. The number of ether oxygens (including phenoxy) is 3. The van der Waals surface area contributed by atoms with E-state index in [1.54, 1.807) is 6.07 Å². The van der Waals surface area contributed by atoms with Crippen molar-refractivity contribution in [2.45, 2.75) is 12.5 Å². The summed E-state index contributed by atoms with van der Waals surface area (Å²) < 4.78 is 16.0. The molecule has 1 N–H and O–H groups in total. The van der Waals surface area contributed by atoms with Gasteiger partial charge in [-0.2, -0.15) is 0 Å². The molecule has 1 aromatic carbocycles. The molecule has 0 amide bonds. The molecule has 2 rings (SSSR count). The third kappa shape index (κ3) is 2.68. The van der Waals surface area contributed by atoms with E-state index >= 15 is 0 Å². The van der Waals surface area contributed by atoms with Crippen LogP contribution in [0.5, 0.6) is 11.5 Å². The van der Waals surface area contributed by atoms with E-state index in [4.69, 9.17) is 19.3 Å². The molecule has 5 nitrogen and oxygen atoms in total. The van der Waals surface area contributed by atoms with Crippen LogP contribution in [-0.2, 0) is 4.74 Å². The molecule has 0 aromatic heterocycles. The van der Waals surface area contributed by atoms with Crippen LogP contribution in [0.1, 0.15) is 16.8 Å². The van der Waals surface area contributed by atoms with Crippen LogP contribution >= 0.6 is 0 Å². The summed E-state index contributed by atoms with van der Waals surface area (Å²) in [4.78, 5) is 10.9. The molecule has 0 saturated carbocycles. The highest BCUT2D eigenvalue weighted by Crippen LogP contribution is 2.30. The van der Waals surface area contributed by atoms with Crippen molar-refractivity contribution in [3.63, 3.8) is 0 Å². The molecule has 17 heavy (non-hydrogen) atoms. The third-order valence-electron chi connectivity index (χ3n) is 2.59. The molecule has 1 atom stereocenters. The summed E-state index contributed by atoms with van der Waals surface area (Å²) in [6.45, 7) is 1.20. The molecular formula is C12H14O5. The normalized spacial score (nSPS) is 19.0. The van der Waals surface area contributed by atoms with Gasteiger partial charge in [-0.25, -0.2) is 4.79 Å². The Balaban J connectivity index is 2.21. The summed E-state index contributed by atoms with van der Waals surface area (Å²) in [7, 11) is 1.52. The van der Waals surface area contributed by atoms with E-state index in [1.165, 1.54) is 19.2 Å². The van der Waals surface area contributed by atoms with Crippen molar-refractivity contribution < 1.29 is 24.1 Å². The second-order valence-electron chi connectivity index (χ2n) is 3.77. The Morgan fingerprint density at radius 1 is 1.47 bits per heavy atom. The number of benzene rings is 1. The highest BCUT2D eigenvalue weighted by molar-refractivity contribution is 5.88. The van der Waals surface area contributed by atoms with Gasteiger partial charge in [0.25, 0.3) is 0 Å². The second-order valence-corrected chi connectivity index (χ2v) is 3.77. The van der Waals surface area contributed by atoms with Gasteiger partial charge in [-0.05, 0) is 18.2 Å². The van der Waals surface area contributed by atoms with E-state index in [0.717, 1.165) is 6.42 Å². The molecule has 0 bridgehead atoms. The fourth-order valence-electron chi connectivity index (χ4n) is 1.69. The van der Waals surface area contributed by atoms with Crippen molar-refractivity contribution in [1.82, 2.24) is 0 Å². The molecule has 1 heterocycles. The van der Waals surface area contributed by atoms with Gasteiger partial charge in [0.05, 0.1) is 25.9 Å². The van der Waals surface area contributed by atoms with E-state index in [1.807, 2.05) is 0 Å². The molecule has 5 heteroatoms. The van der Waals surface area contributed by atoms with Crippen LogP contribution in [0.4, 0.5) is 0 Å². The molecule has 1 saturated heterocycles. The summed E-state index contributed by atoms with van der Waals surface area (Å²) in [6, 6.07) is 4.55. The van der Waals surface area contributed by atoms with Crippen LogP contribution in [0.2, 0.25) is 0 Å². The maximum absolute atomic E-state index is 10.9. The number of rotatable bonds is 4. The van der Waals surface area contributed by atoms with Gasteiger partial charge in [0.15, 0.2) is 11.5 Å². The number of carboxylic acids is 1. The number of carbonyl (C=O) groups is 1. The summed E-state index contributed by atoms with van der Waals surface area (Å²) in [5.74, 6) is -0.00928. The Morgan fingerprint density at radius 2 is 2.29 bits per heavy atom. The summed E-state index contributed by atoms with van der Waals surface area (Å²) in [5, 5.41) is 8.91. The van der Waals surface area contributed by atoms with Crippen molar-refractivity contribution in [3.05, 3.63) is 23.8 Å². The minimum atomic E-state index is -0.986. The van der Waals surface area contributed by atoms with Gasteiger partial charge in [-0.3, -0.25) is 0 Å². The lowest BCUT2D eigenvalue weighted by Crippen LogP contribution is -2.16. The predicted octanol–water partition coefficient (Wildman–Crippen LogP) is 1.56. The fourth-order valence-corrected chi connectivity index (χ4v) is 1.69.